The molecular formula is C22H16N6O2. The molecule has 0 unspecified atom stereocenters. The monoisotopic (exact) mass is 396 g/mol. The highest BCUT2D eigenvalue weighted by molar-refractivity contribution is 6.06. The van der Waals surface area contributed by atoms with E-state index >= 15 is 0 Å². The molecule has 0 aliphatic heterocycles. The van der Waals surface area contributed by atoms with Crippen molar-refractivity contribution in [3.05, 3.63) is 95.8 Å². The summed E-state index contributed by atoms with van der Waals surface area (Å²) in [5.74, 6) is -0.833. The van der Waals surface area contributed by atoms with Crippen LogP contribution in [-0.2, 0) is 6.54 Å². The Labute approximate surface area is 171 Å². The van der Waals surface area contributed by atoms with E-state index in [2.05, 4.69) is 20.6 Å². The Morgan fingerprint density at radius 2 is 1.90 bits per heavy atom. The van der Waals surface area contributed by atoms with Gasteiger partial charge in [-0.15, -0.1) is 0 Å². The first kappa shape index (κ1) is 18.8. The normalized spacial score (nSPS) is 10.4. The van der Waals surface area contributed by atoms with Crippen LogP contribution < -0.4 is 10.6 Å². The molecule has 0 bridgehead atoms. The van der Waals surface area contributed by atoms with Crippen LogP contribution in [0.2, 0.25) is 0 Å². The number of hydrogen-bond acceptors (Lipinski definition) is 5. The van der Waals surface area contributed by atoms with E-state index in [1.54, 1.807) is 71.4 Å². The van der Waals surface area contributed by atoms with Crippen LogP contribution in [0.25, 0.3) is 5.52 Å². The van der Waals surface area contributed by atoms with Crippen LogP contribution in [0.5, 0.6) is 0 Å². The first-order valence-electron chi connectivity index (χ1n) is 9.12. The first-order chi connectivity index (χ1) is 14.7. The second kappa shape index (κ2) is 8.24. The number of anilines is 1. The molecule has 0 aliphatic rings. The van der Waals surface area contributed by atoms with Gasteiger partial charge in [0.15, 0.2) is 5.69 Å². The van der Waals surface area contributed by atoms with Crippen molar-refractivity contribution >= 4 is 23.0 Å². The van der Waals surface area contributed by atoms with Crippen LogP contribution in [-0.4, -0.2) is 26.2 Å². The number of fused-ring (bicyclic) bond motifs is 1. The summed E-state index contributed by atoms with van der Waals surface area (Å²) in [4.78, 5) is 34.0. The van der Waals surface area contributed by atoms with Gasteiger partial charge in [0.2, 0.25) is 5.82 Å². The maximum Gasteiger partial charge on any atom is 0.292 e. The predicted octanol–water partition coefficient (Wildman–Crippen LogP) is 2.78. The van der Waals surface area contributed by atoms with Crippen molar-refractivity contribution in [3.63, 3.8) is 0 Å². The molecule has 0 atom stereocenters. The molecule has 3 aromatic heterocycles. The average molecular weight is 396 g/mol. The maximum atomic E-state index is 12.8. The van der Waals surface area contributed by atoms with Gasteiger partial charge in [-0.3, -0.25) is 19.0 Å². The number of nitrogens with zero attached hydrogens (tertiary/aromatic N) is 4. The maximum absolute atomic E-state index is 12.8. The number of nitrogens with one attached hydrogen (secondary N) is 2. The Hall–Kier alpha value is -4.51. The van der Waals surface area contributed by atoms with Crippen LogP contribution in [0.1, 0.15) is 32.4 Å². The average Bonchev–Trinajstić information content (AvgIpc) is 3.18. The SMILES string of the molecule is N#Cc1cccc(NC(=O)c2nc(C(=O)NCc3ccccn3)c3ccccn23)c1. The highest BCUT2D eigenvalue weighted by Crippen LogP contribution is 2.16. The van der Waals surface area contributed by atoms with E-state index in [-0.39, 0.29) is 18.1 Å². The predicted molar refractivity (Wildman–Crippen MR) is 110 cm³/mol. The Morgan fingerprint density at radius 3 is 2.70 bits per heavy atom. The summed E-state index contributed by atoms with van der Waals surface area (Å²) >= 11 is 0. The van der Waals surface area contributed by atoms with E-state index in [9.17, 15) is 9.59 Å². The Kier molecular flexibility index (Phi) is 5.17. The summed E-state index contributed by atoms with van der Waals surface area (Å²) in [6.45, 7) is 0.244. The fourth-order valence-electron chi connectivity index (χ4n) is 2.98. The van der Waals surface area contributed by atoms with Crippen LogP contribution in [0.4, 0.5) is 5.69 Å². The van der Waals surface area contributed by atoms with Crippen LogP contribution in [0.15, 0.2) is 73.1 Å². The summed E-state index contributed by atoms with van der Waals surface area (Å²) in [7, 11) is 0. The van der Waals surface area contributed by atoms with Crippen LogP contribution in [0.3, 0.4) is 0 Å². The molecule has 0 spiro atoms. The number of carbonyl (C=O) groups excluding carboxylic acids is 2. The van der Waals surface area contributed by atoms with E-state index in [4.69, 9.17) is 5.26 Å². The van der Waals surface area contributed by atoms with Crippen molar-refractivity contribution in [2.75, 3.05) is 5.32 Å². The molecule has 0 radical (unpaired) electrons. The zero-order valence-corrected chi connectivity index (χ0v) is 15.7. The van der Waals surface area contributed by atoms with Gasteiger partial charge in [-0.2, -0.15) is 5.26 Å². The third-order valence-corrected chi connectivity index (χ3v) is 4.37. The number of hydrogen-bond donors (Lipinski definition) is 2. The number of amides is 2. The number of imidazole rings is 1. The minimum absolute atomic E-state index is 0.0657. The smallest absolute Gasteiger partial charge is 0.292 e. The largest absolute Gasteiger partial charge is 0.345 e. The third-order valence-electron chi connectivity index (χ3n) is 4.37. The van der Waals surface area contributed by atoms with Gasteiger partial charge in [0.25, 0.3) is 11.8 Å². The van der Waals surface area contributed by atoms with Crippen molar-refractivity contribution in [1.82, 2.24) is 19.7 Å². The van der Waals surface area contributed by atoms with Gasteiger partial charge >= 0.3 is 0 Å². The highest BCUT2D eigenvalue weighted by Gasteiger charge is 2.21. The number of aromatic nitrogens is 3. The minimum atomic E-state index is -0.491. The topological polar surface area (TPSA) is 112 Å². The summed E-state index contributed by atoms with van der Waals surface area (Å²) < 4.78 is 1.55. The summed E-state index contributed by atoms with van der Waals surface area (Å²) in [5.41, 5.74) is 2.25. The number of rotatable bonds is 5. The Bertz CT molecular complexity index is 1270. The molecule has 8 nitrogen and oxygen atoms in total. The molecule has 2 N–H and O–H groups in total. The lowest BCUT2D eigenvalue weighted by Gasteiger charge is -2.04. The molecule has 0 saturated carbocycles. The molecule has 3 heterocycles. The van der Waals surface area contributed by atoms with E-state index < -0.39 is 11.8 Å². The van der Waals surface area contributed by atoms with E-state index in [0.717, 1.165) is 0 Å². The van der Waals surface area contributed by atoms with Crippen molar-refractivity contribution in [1.29, 1.82) is 5.26 Å². The molecule has 8 heteroatoms. The van der Waals surface area contributed by atoms with Gasteiger partial charge in [0.1, 0.15) is 0 Å². The fraction of sp³-hybridized carbons (Fsp3) is 0.0455. The highest BCUT2D eigenvalue weighted by atomic mass is 16.2. The Balaban J connectivity index is 1.60. The van der Waals surface area contributed by atoms with Gasteiger partial charge in [0.05, 0.1) is 29.4 Å². The van der Waals surface area contributed by atoms with Crippen LogP contribution in [0, 0.1) is 11.3 Å². The van der Waals surface area contributed by atoms with Crippen molar-refractivity contribution < 1.29 is 9.59 Å². The molecule has 30 heavy (non-hydrogen) atoms. The van der Waals surface area contributed by atoms with Crippen molar-refractivity contribution in [3.8, 4) is 6.07 Å². The molecule has 0 aliphatic carbocycles. The lowest BCUT2D eigenvalue weighted by molar-refractivity contribution is 0.0947. The van der Waals surface area contributed by atoms with Crippen LogP contribution >= 0.6 is 0 Å². The van der Waals surface area contributed by atoms with Crippen molar-refractivity contribution in [2.45, 2.75) is 6.54 Å². The molecule has 4 aromatic rings. The van der Waals surface area contributed by atoms with Gasteiger partial charge in [-0.05, 0) is 42.5 Å². The van der Waals surface area contributed by atoms with Crippen molar-refractivity contribution in [2.24, 2.45) is 0 Å². The standard InChI is InChI=1S/C22H16N6O2/c23-13-15-6-5-8-16(12-15)26-22(30)20-27-19(18-9-2-4-11-28(18)20)21(29)25-14-17-7-1-3-10-24-17/h1-12H,14H2,(H,25,29)(H,26,30). The Morgan fingerprint density at radius 1 is 1.03 bits per heavy atom. The fourth-order valence-corrected chi connectivity index (χ4v) is 2.98. The summed E-state index contributed by atoms with van der Waals surface area (Å²) in [6.07, 6.45) is 3.32. The van der Waals surface area contributed by atoms with E-state index in [0.29, 0.717) is 22.5 Å². The molecular weight excluding hydrogens is 380 g/mol. The zero-order chi connectivity index (χ0) is 20.9. The molecule has 0 fully saturated rings. The summed E-state index contributed by atoms with van der Waals surface area (Å²) in [5, 5.41) is 14.5. The molecule has 4 rings (SSSR count). The molecule has 1 aromatic carbocycles. The van der Waals surface area contributed by atoms with Gasteiger partial charge in [0, 0.05) is 18.1 Å². The number of benzene rings is 1. The lowest BCUT2D eigenvalue weighted by atomic mass is 10.2. The number of carbonyl (C=O) groups is 2. The van der Waals surface area contributed by atoms with E-state index in [1.807, 2.05) is 12.1 Å². The number of pyridine rings is 2. The second-order valence-electron chi connectivity index (χ2n) is 6.39. The first-order valence-corrected chi connectivity index (χ1v) is 9.12. The van der Waals surface area contributed by atoms with Gasteiger partial charge in [-0.25, -0.2) is 4.98 Å². The minimum Gasteiger partial charge on any atom is -0.345 e. The molecule has 2 amide bonds. The van der Waals surface area contributed by atoms with Gasteiger partial charge < -0.3 is 10.6 Å². The summed E-state index contributed by atoms with van der Waals surface area (Å²) in [6, 6.07) is 19.3. The lowest BCUT2D eigenvalue weighted by Crippen LogP contribution is -2.24. The third kappa shape index (κ3) is 3.86. The molecule has 0 saturated heterocycles. The quantitative estimate of drug-likeness (QED) is 0.539. The number of nitriles is 1. The van der Waals surface area contributed by atoms with Gasteiger partial charge in [-0.1, -0.05) is 18.2 Å². The molecule has 146 valence electrons. The second-order valence-corrected chi connectivity index (χ2v) is 6.39. The van der Waals surface area contributed by atoms with E-state index in [1.165, 1.54) is 0 Å². The zero-order valence-electron chi connectivity index (χ0n) is 15.7.